The van der Waals surface area contributed by atoms with Crippen LogP contribution in [0.5, 0.6) is 0 Å². The van der Waals surface area contributed by atoms with Gasteiger partial charge in [-0.1, -0.05) is 41.4 Å². The van der Waals surface area contributed by atoms with Crippen molar-refractivity contribution >= 4 is 46.7 Å². The Morgan fingerprint density at radius 2 is 1.77 bits per heavy atom. The number of aromatic nitrogens is 4. The lowest BCUT2D eigenvalue weighted by molar-refractivity contribution is -0.141. The predicted octanol–water partition coefficient (Wildman–Crippen LogP) is 3.01. The van der Waals surface area contributed by atoms with Gasteiger partial charge in [-0.15, -0.1) is 5.10 Å². The quantitative estimate of drug-likeness (QED) is 0.343. The van der Waals surface area contributed by atoms with Crippen LogP contribution in [-0.4, -0.2) is 50.3 Å². The van der Waals surface area contributed by atoms with Gasteiger partial charge in [-0.25, -0.2) is 4.68 Å². The molecule has 1 amide bonds. The van der Waals surface area contributed by atoms with Gasteiger partial charge in [0.15, 0.2) is 5.82 Å². The van der Waals surface area contributed by atoms with Gasteiger partial charge in [-0.2, -0.15) is 0 Å². The highest BCUT2D eigenvalue weighted by Crippen LogP contribution is 2.31. The van der Waals surface area contributed by atoms with Gasteiger partial charge in [0.2, 0.25) is 5.91 Å². The molecule has 13 heteroatoms. The fourth-order valence-corrected chi connectivity index (χ4v) is 3.68. The van der Waals surface area contributed by atoms with E-state index in [9.17, 15) is 19.5 Å². The summed E-state index contributed by atoms with van der Waals surface area (Å²) in [6.45, 7) is 1.14. The Kier molecular flexibility index (Phi) is 8.74. The van der Waals surface area contributed by atoms with E-state index in [1.165, 1.54) is 18.7 Å². The molecular weight excluding hydrogens is 499 g/mol. The molecule has 0 aliphatic rings. The van der Waals surface area contributed by atoms with Crippen molar-refractivity contribution in [1.82, 2.24) is 25.5 Å². The number of carbonyl (C=O) groups excluding carboxylic acids is 2. The smallest absolute Gasteiger partial charge is 0.327 e. The van der Waals surface area contributed by atoms with Crippen LogP contribution in [0.15, 0.2) is 42.5 Å². The fourth-order valence-electron chi connectivity index (χ4n) is 3.38. The van der Waals surface area contributed by atoms with Crippen LogP contribution in [0.1, 0.15) is 42.4 Å². The number of amides is 1. The zero-order valence-corrected chi connectivity index (χ0v) is 20.2. The number of anilines is 1. The summed E-state index contributed by atoms with van der Waals surface area (Å²) in [4.78, 5) is 35.0. The normalized spacial score (nSPS) is 12.6. The van der Waals surface area contributed by atoms with Gasteiger partial charge in [-0.05, 0) is 45.8 Å². The number of benzene rings is 2. The number of nitrogens with one attached hydrogen (secondary N) is 2. The van der Waals surface area contributed by atoms with E-state index in [4.69, 9.17) is 27.9 Å². The number of tetrazole rings is 1. The largest absolute Gasteiger partial charge is 0.481 e. The number of carboxylic acids is 1. The lowest BCUT2D eigenvalue weighted by Crippen LogP contribution is -2.32. The van der Waals surface area contributed by atoms with Crippen LogP contribution in [0.2, 0.25) is 10.0 Å². The van der Waals surface area contributed by atoms with E-state index < -0.39 is 24.0 Å². The van der Waals surface area contributed by atoms with Gasteiger partial charge >= 0.3 is 11.9 Å². The number of esters is 1. The maximum Gasteiger partial charge on any atom is 0.327 e. The molecule has 3 rings (SSSR count). The second kappa shape index (κ2) is 11.7. The van der Waals surface area contributed by atoms with E-state index in [0.29, 0.717) is 21.8 Å². The summed E-state index contributed by atoms with van der Waals surface area (Å²) in [6.07, 6.45) is -0.295. The summed E-state index contributed by atoms with van der Waals surface area (Å²) < 4.78 is 5.99. The van der Waals surface area contributed by atoms with Gasteiger partial charge in [0.1, 0.15) is 6.54 Å². The molecule has 184 valence electrons. The van der Waals surface area contributed by atoms with Crippen LogP contribution in [0, 0.1) is 0 Å². The standard InChI is InChI=1S/C22H22Cl2N6O5/c1-12(31)25-15-6-3-13(4-7-15)21(22-27-28-29-30(22)11-20(34)35-2)26-18(10-19(32)33)14-5-8-16(23)17(24)9-14/h3-9,18,21,26H,10-11H2,1-2H3,(H,25,31)(H,32,33). The van der Waals surface area contributed by atoms with E-state index in [1.54, 1.807) is 42.5 Å². The third-order valence-electron chi connectivity index (χ3n) is 4.98. The molecule has 35 heavy (non-hydrogen) atoms. The van der Waals surface area contributed by atoms with Crippen molar-refractivity contribution in [3.8, 4) is 0 Å². The van der Waals surface area contributed by atoms with Crippen LogP contribution >= 0.6 is 23.2 Å². The van der Waals surface area contributed by atoms with Crippen molar-refractivity contribution in [2.75, 3.05) is 12.4 Å². The highest BCUT2D eigenvalue weighted by molar-refractivity contribution is 6.42. The number of hydrogen-bond donors (Lipinski definition) is 3. The molecule has 0 saturated heterocycles. The summed E-state index contributed by atoms with van der Waals surface area (Å²) in [6, 6.07) is 10.2. The average Bonchev–Trinajstić information content (AvgIpc) is 3.26. The van der Waals surface area contributed by atoms with Crippen molar-refractivity contribution in [3.63, 3.8) is 0 Å². The topological polar surface area (TPSA) is 148 Å². The minimum Gasteiger partial charge on any atom is -0.481 e. The molecule has 0 aliphatic carbocycles. The zero-order valence-electron chi connectivity index (χ0n) is 18.7. The molecular formula is C22H22Cl2N6O5. The number of methoxy groups -OCH3 is 1. The van der Waals surface area contributed by atoms with Crippen LogP contribution in [-0.2, 0) is 25.7 Å². The lowest BCUT2D eigenvalue weighted by Gasteiger charge is -2.25. The summed E-state index contributed by atoms with van der Waals surface area (Å²) in [7, 11) is 1.25. The van der Waals surface area contributed by atoms with Crippen LogP contribution in [0.25, 0.3) is 0 Å². The Labute approximate surface area is 210 Å². The first-order valence-electron chi connectivity index (χ1n) is 10.3. The van der Waals surface area contributed by atoms with Crippen molar-refractivity contribution in [2.45, 2.75) is 32.0 Å². The molecule has 0 bridgehead atoms. The first-order chi connectivity index (χ1) is 16.7. The number of ether oxygens (including phenoxy) is 1. The molecule has 0 fully saturated rings. The van der Waals surface area contributed by atoms with E-state index in [0.717, 1.165) is 0 Å². The number of aliphatic carboxylic acids is 1. The zero-order chi connectivity index (χ0) is 25.5. The van der Waals surface area contributed by atoms with Crippen molar-refractivity contribution in [3.05, 3.63) is 69.5 Å². The molecule has 0 radical (unpaired) electrons. The Balaban J connectivity index is 2.05. The van der Waals surface area contributed by atoms with Crippen LogP contribution in [0.3, 0.4) is 0 Å². The van der Waals surface area contributed by atoms with Gasteiger partial charge < -0.3 is 15.2 Å². The number of nitrogens with zero attached hydrogens (tertiary/aromatic N) is 4. The van der Waals surface area contributed by atoms with Crippen LogP contribution < -0.4 is 10.6 Å². The summed E-state index contributed by atoms with van der Waals surface area (Å²) in [5, 5.41) is 27.8. The first kappa shape index (κ1) is 26.1. The minimum absolute atomic E-state index is 0.226. The molecule has 1 aromatic heterocycles. The number of carbonyl (C=O) groups is 3. The molecule has 3 aromatic rings. The Morgan fingerprint density at radius 1 is 1.09 bits per heavy atom. The molecule has 3 N–H and O–H groups in total. The molecule has 0 aliphatic heterocycles. The van der Waals surface area contributed by atoms with E-state index >= 15 is 0 Å². The predicted molar refractivity (Wildman–Crippen MR) is 127 cm³/mol. The third-order valence-corrected chi connectivity index (χ3v) is 5.72. The number of carboxylic acid groups (broad SMARTS) is 1. The van der Waals surface area contributed by atoms with E-state index in [2.05, 4.69) is 26.2 Å². The number of rotatable bonds is 10. The minimum atomic E-state index is -1.05. The average molecular weight is 521 g/mol. The van der Waals surface area contributed by atoms with E-state index in [-0.39, 0.29) is 29.7 Å². The Morgan fingerprint density at radius 3 is 2.37 bits per heavy atom. The monoisotopic (exact) mass is 520 g/mol. The number of halogens is 2. The molecule has 2 unspecified atom stereocenters. The van der Waals surface area contributed by atoms with E-state index in [1.807, 2.05) is 0 Å². The second-order valence-electron chi connectivity index (χ2n) is 7.50. The first-order valence-corrected chi connectivity index (χ1v) is 11.1. The Hall–Kier alpha value is -3.54. The van der Waals surface area contributed by atoms with Gasteiger partial charge in [0, 0.05) is 18.7 Å². The summed E-state index contributed by atoms with van der Waals surface area (Å²) >= 11 is 12.2. The lowest BCUT2D eigenvalue weighted by atomic mass is 9.99. The highest BCUT2D eigenvalue weighted by atomic mass is 35.5. The maximum absolute atomic E-state index is 11.9. The Bertz CT molecular complexity index is 1220. The van der Waals surface area contributed by atoms with Crippen molar-refractivity contribution in [1.29, 1.82) is 0 Å². The SMILES string of the molecule is COC(=O)Cn1nnnc1C(NC(CC(=O)O)c1ccc(Cl)c(Cl)c1)c1ccc(NC(C)=O)cc1. The maximum atomic E-state index is 11.9. The van der Waals surface area contributed by atoms with Gasteiger partial charge in [-0.3, -0.25) is 19.7 Å². The third kappa shape index (κ3) is 6.98. The molecule has 11 nitrogen and oxygen atoms in total. The molecule has 2 atom stereocenters. The summed E-state index contributed by atoms with van der Waals surface area (Å²) in [5.41, 5.74) is 1.80. The molecule has 0 saturated carbocycles. The highest BCUT2D eigenvalue weighted by Gasteiger charge is 2.28. The molecule has 1 heterocycles. The van der Waals surface area contributed by atoms with Gasteiger partial charge in [0.25, 0.3) is 0 Å². The molecule has 2 aromatic carbocycles. The number of hydrogen-bond acceptors (Lipinski definition) is 8. The van der Waals surface area contributed by atoms with Crippen LogP contribution in [0.4, 0.5) is 5.69 Å². The van der Waals surface area contributed by atoms with Crippen molar-refractivity contribution < 1.29 is 24.2 Å². The summed E-state index contributed by atoms with van der Waals surface area (Å²) in [5.74, 6) is -1.60. The fraction of sp³-hybridized carbons (Fsp3) is 0.273. The van der Waals surface area contributed by atoms with Crippen molar-refractivity contribution in [2.24, 2.45) is 0 Å². The molecule has 0 spiro atoms. The van der Waals surface area contributed by atoms with Gasteiger partial charge in [0.05, 0.1) is 29.6 Å². The second-order valence-corrected chi connectivity index (χ2v) is 8.31.